The number of hydrogen-bond acceptors (Lipinski definition) is 4. The molecule has 6 heteroatoms. The van der Waals surface area contributed by atoms with E-state index >= 15 is 0 Å². The maximum Gasteiger partial charge on any atom is 0.193 e. The molecule has 2 aliphatic heterocycles. The van der Waals surface area contributed by atoms with Crippen molar-refractivity contribution in [3.8, 4) is 17.2 Å². The van der Waals surface area contributed by atoms with Crippen LogP contribution in [0.4, 0.5) is 0 Å². The summed E-state index contributed by atoms with van der Waals surface area (Å²) in [6.45, 7) is 3.34. The number of fused-ring (bicyclic) bond motifs is 2. The molecule has 6 nitrogen and oxygen atoms in total. The van der Waals surface area contributed by atoms with E-state index < -0.39 is 0 Å². The molecule has 2 aliphatic rings. The molecule has 2 heterocycles. The Morgan fingerprint density at radius 1 is 1.17 bits per heavy atom. The highest BCUT2D eigenvalue weighted by atomic mass is 16.5. The Labute approximate surface area is 172 Å². The number of hydrogen-bond donors (Lipinski definition) is 1. The van der Waals surface area contributed by atoms with Crippen LogP contribution in [0.1, 0.15) is 29.0 Å². The van der Waals surface area contributed by atoms with Gasteiger partial charge in [-0.05, 0) is 47.7 Å². The summed E-state index contributed by atoms with van der Waals surface area (Å²) >= 11 is 0. The average molecular weight is 396 g/mol. The molecular formula is C23H29N3O3. The lowest BCUT2D eigenvalue weighted by molar-refractivity contribution is 0.266. The van der Waals surface area contributed by atoms with Crippen LogP contribution in [0.15, 0.2) is 41.4 Å². The molecule has 0 radical (unpaired) electrons. The van der Waals surface area contributed by atoms with Crippen molar-refractivity contribution in [1.29, 1.82) is 0 Å². The molecule has 4 rings (SSSR count). The van der Waals surface area contributed by atoms with E-state index in [1.165, 1.54) is 16.7 Å². The quantitative estimate of drug-likeness (QED) is 0.636. The monoisotopic (exact) mass is 395 g/mol. The molecule has 29 heavy (non-hydrogen) atoms. The van der Waals surface area contributed by atoms with Crippen molar-refractivity contribution in [1.82, 2.24) is 10.2 Å². The highest BCUT2D eigenvalue weighted by Crippen LogP contribution is 2.34. The summed E-state index contributed by atoms with van der Waals surface area (Å²) in [4.78, 5) is 6.85. The Kier molecular flexibility index (Phi) is 5.79. The van der Waals surface area contributed by atoms with Gasteiger partial charge in [-0.3, -0.25) is 4.99 Å². The van der Waals surface area contributed by atoms with Gasteiger partial charge in [0.2, 0.25) is 0 Å². The summed E-state index contributed by atoms with van der Waals surface area (Å²) in [7, 11) is 5.21. The maximum atomic E-state index is 5.79. The lowest BCUT2D eigenvalue weighted by Gasteiger charge is -2.33. The van der Waals surface area contributed by atoms with E-state index in [2.05, 4.69) is 45.5 Å². The van der Waals surface area contributed by atoms with Gasteiger partial charge in [0, 0.05) is 32.6 Å². The van der Waals surface area contributed by atoms with E-state index in [0.717, 1.165) is 62.3 Å². The molecule has 0 saturated carbocycles. The van der Waals surface area contributed by atoms with Gasteiger partial charge in [0.1, 0.15) is 5.75 Å². The van der Waals surface area contributed by atoms with Crippen LogP contribution in [0.25, 0.3) is 0 Å². The number of ether oxygens (including phenoxy) is 3. The molecule has 0 saturated heterocycles. The third-order valence-corrected chi connectivity index (χ3v) is 5.82. The van der Waals surface area contributed by atoms with E-state index in [4.69, 9.17) is 14.2 Å². The summed E-state index contributed by atoms with van der Waals surface area (Å²) in [5.41, 5.74) is 3.85. The number of guanidine groups is 1. The van der Waals surface area contributed by atoms with Crippen LogP contribution in [-0.4, -0.2) is 51.8 Å². The Balaban J connectivity index is 1.45. The first kappa shape index (κ1) is 19.4. The second-order valence-electron chi connectivity index (χ2n) is 7.45. The summed E-state index contributed by atoms with van der Waals surface area (Å²) in [5, 5.41) is 3.60. The molecule has 0 spiro atoms. The molecule has 1 atom stereocenters. The highest BCUT2D eigenvalue weighted by Gasteiger charge is 2.24. The Hall–Kier alpha value is -2.89. The number of nitrogens with one attached hydrogen (secondary N) is 1. The van der Waals surface area contributed by atoms with Crippen molar-refractivity contribution in [2.45, 2.75) is 25.3 Å². The third kappa shape index (κ3) is 3.97. The number of rotatable bonds is 4. The van der Waals surface area contributed by atoms with Gasteiger partial charge in [-0.2, -0.15) is 0 Å². The SMILES string of the molecule is CN=C(NCC1CCOc2ccccc21)N1CCc2cc(OC)c(OC)cc2C1. The third-order valence-electron chi connectivity index (χ3n) is 5.82. The fourth-order valence-corrected chi connectivity index (χ4v) is 4.24. The molecule has 0 aromatic heterocycles. The van der Waals surface area contributed by atoms with Crippen molar-refractivity contribution in [3.05, 3.63) is 53.1 Å². The summed E-state index contributed by atoms with van der Waals surface area (Å²) in [6, 6.07) is 12.5. The second-order valence-corrected chi connectivity index (χ2v) is 7.45. The van der Waals surface area contributed by atoms with Gasteiger partial charge in [0.05, 0.1) is 20.8 Å². The normalized spacial score (nSPS) is 18.4. The molecule has 0 fully saturated rings. The van der Waals surface area contributed by atoms with E-state index in [1.807, 2.05) is 13.1 Å². The minimum atomic E-state index is 0.429. The summed E-state index contributed by atoms with van der Waals surface area (Å²) < 4.78 is 16.7. The number of methoxy groups -OCH3 is 2. The lowest BCUT2D eigenvalue weighted by atomic mass is 9.93. The van der Waals surface area contributed by atoms with Gasteiger partial charge in [-0.1, -0.05) is 18.2 Å². The van der Waals surface area contributed by atoms with Crippen molar-refractivity contribution in [2.24, 2.45) is 4.99 Å². The van der Waals surface area contributed by atoms with Crippen molar-refractivity contribution in [2.75, 3.05) is 41.0 Å². The summed E-state index contributed by atoms with van der Waals surface area (Å²) in [5.74, 6) is 3.94. The van der Waals surface area contributed by atoms with E-state index in [0.29, 0.717) is 5.92 Å². The molecule has 0 amide bonds. The average Bonchev–Trinajstić information content (AvgIpc) is 2.78. The highest BCUT2D eigenvalue weighted by molar-refractivity contribution is 5.80. The van der Waals surface area contributed by atoms with Crippen molar-refractivity contribution < 1.29 is 14.2 Å². The van der Waals surface area contributed by atoms with Crippen molar-refractivity contribution >= 4 is 5.96 Å². The van der Waals surface area contributed by atoms with Crippen LogP contribution >= 0.6 is 0 Å². The number of nitrogens with zero attached hydrogens (tertiary/aromatic N) is 2. The van der Waals surface area contributed by atoms with E-state index in [9.17, 15) is 0 Å². The van der Waals surface area contributed by atoms with Crippen LogP contribution in [-0.2, 0) is 13.0 Å². The smallest absolute Gasteiger partial charge is 0.193 e. The fourth-order valence-electron chi connectivity index (χ4n) is 4.24. The minimum Gasteiger partial charge on any atom is -0.493 e. The van der Waals surface area contributed by atoms with Gasteiger partial charge in [-0.25, -0.2) is 0 Å². The second kappa shape index (κ2) is 8.64. The molecule has 1 unspecified atom stereocenters. The van der Waals surface area contributed by atoms with Gasteiger partial charge in [0.25, 0.3) is 0 Å². The molecule has 2 aromatic rings. The zero-order chi connectivity index (χ0) is 20.2. The van der Waals surface area contributed by atoms with Gasteiger partial charge in [0.15, 0.2) is 17.5 Å². The predicted octanol–water partition coefficient (Wildman–Crippen LogP) is 3.20. The lowest BCUT2D eigenvalue weighted by Crippen LogP contribution is -2.45. The molecule has 0 bridgehead atoms. The van der Waals surface area contributed by atoms with Gasteiger partial charge in [-0.15, -0.1) is 0 Å². The Bertz CT molecular complexity index is 897. The van der Waals surface area contributed by atoms with Crippen LogP contribution < -0.4 is 19.5 Å². The molecule has 0 aliphatic carbocycles. The van der Waals surface area contributed by atoms with Crippen molar-refractivity contribution in [3.63, 3.8) is 0 Å². The zero-order valence-corrected chi connectivity index (χ0v) is 17.4. The van der Waals surface area contributed by atoms with Gasteiger partial charge >= 0.3 is 0 Å². The Morgan fingerprint density at radius 2 is 1.93 bits per heavy atom. The summed E-state index contributed by atoms with van der Waals surface area (Å²) in [6.07, 6.45) is 1.97. The standard InChI is InChI=1S/C23H29N3O3/c1-24-23(25-14-17-9-11-29-20-7-5-4-6-19(17)20)26-10-8-16-12-21(27-2)22(28-3)13-18(16)15-26/h4-7,12-13,17H,8-11,14-15H2,1-3H3,(H,24,25). The number of benzene rings is 2. The van der Waals surface area contributed by atoms with Crippen LogP contribution in [0, 0.1) is 0 Å². The van der Waals surface area contributed by atoms with Crippen LogP contribution in [0.3, 0.4) is 0 Å². The fraction of sp³-hybridized carbons (Fsp3) is 0.435. The topological polar surface area (TPSA) is 55.3 Å². The largest absolute Gasteiger partial charge is 0.493 e. The molecule has 2 aromatic carbocycles. The maximum absolute atomic E-state index is 5.79. The van der Waals surface area contributed by atoms with Crippen LogP contribution in [0.2, 0.25) is 0 Å². The number of aliphatic imine (C=N–C) groups is 1. The Morgan fingerprint density at radius 3 is 2.69 bits per heavy atom. The van der Waals surface area contributed by atoms with Gasteiger partial charge < -0.3 is 24.4 Å². The first-order valence-electron chi connectivity index (χ1n) is 10.1. The van der Waals surface area contributed by atoms with E-state index in [1.54, 1.807) is 14.2 Å². The first-order valence-corrected chi connectivity index (χ1v) is 10.1. The molecule has 154 valence electrons. The van der Waals surface area contributed by atoms with E-state index in [-0.39, 0.29) is 0 Å². The van der Waals surface area contributed by atoms with Crippen LogP contribution in [0.5, 0.6) is 17.2 Å². The minimum absolute atomic E-state index is 0.429. The zero-order valence-electron chi connectivity index (χ0n) is 17.4. The molecule has 1 N–H and O–H groups in total. The molecular weight excluding hydrogens is 366 g/mol. The predicted molar refractivity (Wildman–Crippen MR) is 114 cm³/mol. The first-order chi connectivity index (χ1) is 14.2. The number of para-hydroxylation sites is 1.